The van der Waals surface area contributed by atoms with Crippen LogP contribution in [0, 0.1) is 5.82 Å². The Balaban J connectivity index is 1.69. The number of rotatable bonds is 3. The summed E-state index contributed by atoms with van der Waals surface area (Å²) in [5, 5.41) is 0.490. The molecule has 1 fully saturated rings. The lowest BCUT2D eigenvalue weighted by atomic mass is 10.1. The maximum Gasteiger partial charge on any atom is 0.143 e. The summed E-state index contributed by atoms with van der Waals surface area (Å²) >= 11 is 0. The van der Waals surface area contributed by atoms with Gasteiger partial charge in [0.25, 0.3) is 0 Å². The summed E-state index contributed by atoms with van der Waals surface area (Å²) in [6, 6.07) is 13.6. The van der Waals surface area contributed by atoms with Crippen LogP contribution in [-0.2, 0) is 0 Å². The topological polar surface area (TPSA) is 46.8 Å². The molecule has 0 saturated carbocycles. The van der Waals surface area contributed by atoms with Gasteiger partial charge >= 0.3 is 0 Å². The van der Waals surface area contributed by atoms with Crippen molar-refractivity contribution in [1.29, 1.82) is 0 Å². The minimum atomic E-state index is -0.281. The highest BCUT2D eigenvalue weighted by Gasteiger charge is 2.33. The van der Waals surface area contributed by atoms with Gasteiger partial charge < -0.3 is 9.47 Å². The van der Waals surface area contributed by atoms with Gasteiger partial charge in [-0.2, -0.15) is 0 Å². The third-order valence-electron chi connectivity index (χ3n) is 5.55. The van der Waals surface area contributed by atoms with E-state index in [4.69, 9.17) is 4.98 Å². The number of para-hydroxylation sites is 2. The van der Waals surface area contributed by atoms with Crippen molar-refractivity contribution in [3.05, 3.63) is 60.4 Å². The zero-order valence-corrected chi connectivity index (χ0v) is 16.0. The summed E-state index contributed by atoms with van der Waals surface area (Å²) < 4.78 is 17.0. The van der Waals surface area contributed by atoms with Gasteiger partial charge in [0.05, 0.1) is 28.0 Å². The molecule has 6 heteroatoms. The Kier molecular flexibility index (Phi) is 4.00. The van der Waals surface area contributed by atoms with Crippen LogP contribution in [0.3, 0.4) is 0 Å². The molecule has 3 heterocycles. The van der Waals surface area contributed by atoms with Crippen molar-refractivity contribution >= 4 is 27.8 Å². The van der Waals surface area contributed by atoms with Gasteiger partial charge in [-0.15, -0.1) is 0 Å². The van der Waals surface area contributed by atoms with E-state index in [1.165, 1.54) is 12.4 Å². The number of imidazole rings is 1. The van der Waals surface area contributed by atoms with E-state index < -0.39 is 0 Å². The standard InChI is InChI=1S/C22H22FN5/c1-14(2)28-18-10-4-3-8-16(18)26-21(28)19-11-6-12-27(19)22-20-15(23)7-5-9-17(20)24-13-25-22/h3-5,7-10,13-14,19H,6,11-12H2,1-2H3/t19-/m0/s1. The summed E-state index contributed by atoms with van der Waals surface area (Å²) in [7, 11) is 0. The molecule has 1 atom stereocenters. The highest BCUT2D eigenvalue weighted by Crippen LogP contribution is 2.39. The Morgan fingerprint density at radius 3 is 2.71 bits per heavy atom. The van der Waals surface area contributed by atoms with Gasteiger partial charge in [0.2, 0.25) is 0 Å². The molecule has 0 N–H and O–H groups in total. The molecule has 0 spiro atoms. The average molecular weight is 375 g/mol. The van der Waals surface area contributed by atoms with Crippen LogP contribution in [0.25, 0.3) is 21.9 Å². The molecule has 0 bridgehead atoms. The fourth-order valence-corrected chi connectivity index (χ4v) is 4.40. The molecule has 142 valence electrons. The van der Waals surface area contributed by atoms with Crippen molar-refractivity contribution in [2.24, 2.45) is 0 Å². The molecular formula is C22H22FN5. The van der Waals surface area contributed by atoms with Crippen LogP contribution >= 0.6 is 0 Å². The molecule has 4 aromatic rings. The van der Waals surface area contributed by atoms with Gasteiger partial charge in [-0.05, 0) is 51.0 Å². The molecule has 2 aromatic carbocycles. The van der Waals surface area contributed by atoms with Gasteiger partial charge in [-0.3, -0.25) is 0 Å². The maximum atomic E-state index is 14.7. The van der Waals surface area contributed by atoms with Crippen LogP contribution in [0.4, 0.5) is 10.2 Å². The zero-order chi connectivity index (χ0) is 19.3. The minimum Gasteiger partial charge on any atom is -0.346 e. The molecular weight excluding hydrogens is 353 g/mol. The smallest absolute Gasteiger partial charge is 0.143 e. The van der Waals surface area contributed by atoms with Gasteiger partial charge in [-0.25, -0.2) is 19.3 Å². The normalized spacial score (nSPS) is 17.3. The zero-order valence-electron chi connectivity index (χ0n) is 16.0. The quantitative estimate of drug-likeness (QED) is 0.503. The molecule has 2 aromatic heterocycles. The lowest BCUT2D eigenvalue weighted by molar-refractivity contribution is 0.539. The number of nitrogens with zero attached hydrogens (tertiary/aromatic N) is 5. The largest absolute Gasteiger partial charge is 0.346 e. The van der Waals surface area contributed by atoms with Gasteiger partial charge in [0.15, 0.2) is 0 Å². The number of benzene rings is 2. The lowest BCUT2D eigenvalue weighted by Gasteiger charge is -2.28. The second-order valence-corrected chi connectivity index (χ2v) is 7.61. The first kappa shape index (κ1) is 17.1. The van der Waals surface area contributed by atoms with E-state index in [0.29, 0.717) is 16.7 Å². The van der Waals surface area contributed by atoms with Gasteiger partial charge in [0.1, 0.15) is 23.8 Å². The number of aromatic nitrogens is 4. The predicted octanol–water partition coefficient (Wildman–Crippen LogP) is 5.04. The SMILES string of the molecule is CC(C)n1c([C@@H]2CCCN2c2ncnc3cccc(F)c23)nc2ccccc21. The highest BCUT2D eigenvalue weighted by molar-refractivity contribution is 5.90. The molecule has 5 rings (SSSR count). The Morgan fingerprint density at radius 1 is 1.04 bits per heavy atom. The number of hydrogen-bond donors (Lipinski definition) is 0. The fraction of sp³-hybridized carbons (Fsp3) is 0.318. The van der Waals surface area contributed by atoms with Crippen LogP contribution in [0.2, 0.25) is 0 Å². The van der Waals surface area contributed by atoms with E-state index in [1.54, 1.807) is 6.07 Å². The third kappa shape index (κ3) is 2.55. The van der Waals surface area contributed by atoms with Crippen LogP contribution in [0.5, 0.6) is 0 Å². The molecule has 0 radical (unpaired) electrons. The van der Waals surface area contributed by atoms with E-state index in [9.17, 15) is 4.39 Å². The molecule has 0 aliphatic carbocycles. The fourth-order valence-electron chi connectivity index (χ4n) is 4.40. The first-order valence-corrected chi connectivity index (χ1v) is 9.78. The number of hydrogen-bond acceptors (Lipinski definition) is 4. The molecule has 0 amide bonds. The molecule has 28 heavy (non-hydrogen) atoms. The Morgan fingerprint density at radius 2 is 1.86 bits per heavy atom. The van der Waals surface area contributed by atoms with E-state index in [2.05, 4.69) is 45.4 Å². The Bertz CT molecular complexity index is 1160. The highest BCUT2D eigenvalue weighted by atomic mass is 19.1. The van der Waals surface area contributed by atoms with Crippen LogP contribution in [0.1, 0.15) is 44.6 Å². The molecule has 1 aliphatic heterocycles. The number of fused-ring (bicyclic) bond motifs is 2. The van der Waals surface area contributed by atoms with Gasteiger partial charge in [-0.1, -0.05) is 18.2 Å². The van der Waals surface area contributed by atoms with Crippen molar-refractivity contribution in [3.63, 3.8) is 0 Å². The first-order valence-electron chi connectivity index (χ1n) is 9.78. The van der Waals surface area contributed by atoms with Crippen LogP contribution in [0.15, 0.2) is 48.8 Å². The van der Waals surface area contributed by atoms with Crippen molar-refractivity contribution < 1.29 is 4.39 Å². The summed E-state index contributed by atoms with van der Waals surface area (Å²) in [5.41, 5.74) is 2.77. The van der Waals surface area contributed by atoms with Crippen molar-refractivity contribution in [2.45, 2.75) is 38.8 Å². The molecule has 5 nitrogen and oxygen atoms in total. The van der Waals surface area contributed by atoms with E-state index in [0.717, 1.165) is 36.2 Å². The number of anilines is 1. The predicted molar refractivity (Wildman–Crippen MR) is 109 cm³/mol. The molecule has 1 saturated heterocycles. The van der Waals surface area contributed by atoms with Gasteiger partial charge in [0, 0.05) is 12.6 Å². The lowest BCUT2D eigenvalue weighted by Crippen LogP contribution is -2.27. The summed E-state index contributed by atoms with van der Waals surface area (Å²) in [4.78, 5) is 15.9. The van der Waals surface area contributed by atoms with E-state index >= 15 is 0 Å². The molecule has 0 unspecified atom stereocenters. The summed E-state index contributed by atoms with van der Waals surface area (Å²) in [6.45, 7) is 5.18. The first-order chi connectivity index (χ1) is 13.6. The Hall–Kier alpha value is -3.02. The maximum absolute atomic E-state index is 14.7. The van der Waals surface area contributed by atoms with E-state index in [1.807, 2.05) is 18.2 Å². The Labute approximate surface area is 162 Å². The average Bonchev–Trinajstić information content (AvgIpc) is 3.32. The monoisotopic (exact) mass is 375 g/mol. The van der Waals surface area contributed by atoms with Crippen LogP contribution < -0.4 is 4.90 Å². The summed E-state index contributed by atoms with van der Waals surface area (Å²) in [6.07, 6.45) is 3.51. The molecule has 1 aliphatic rings. The summed E-state index contributed by atoms with van der Waals surface area (Å²) in [5.74, 6) is 1.40. The van der Waals surface area contributed by atoms with Crippen molar-refractivity contribution in [3.8, 4) is 0 Å². The van der Waals surface area contributed by atoms with Crippen molar-refractivity contribution in [2.75, 3.05) is 11.4 Å². The van der Waals surface area contributed by atoms with E-state index in [-0.39, 0.29) is 17.9 Å². The van der Waals surface area contributed by atoms with Crippen molar-refractivity contribution in [1.82, 2.24) is 19.5 Å². The van der Waals surface area contributed by atoms with Crippen LogP contribution in [-0.4, -0.2) is 26.1 Å². The second kappa shape index (κ2) is 6.55. The number of halogens is 1. The second-order valence-electron chi connectivity index (χ2n) is 7.61. The minimum absolute atomic E-state index is 0.0625. The third-order valence-corrected chi connectivity index (χ3v) is 5.55.